The van der Waals surface area contributed by atoms with Crippen LogP contribution in [0.3, 0.4) is 0 Å². The molecule has 25 heavy (non-hydrogen) atoms. The number of carboxylic acid groups (broad SMARTS) is 1. The zero-order chi connectivity index (χ0) is 17.8. The molecule has 0 saturated carbocycles. The summed E-state index contributed by atoms with van der Waals surface area (Å²) in [5, 5.41) is 9.07. The van der Waals surface area contributed by atoms with Crippen LogP contribution in [0.4, 0.5) is 0 Å². The lowest BCUT2D eigenvalue weighted by molar-refractivity contribution is 0.0696. The van der Waals surface area contributed by atoms with E-state index in [9.17, 15) is 13.6 Å². The first-order valence-corrected chi connectivity index (χ1v) is 8.42. The number of carbonyl (C=O) groups is 1. The molecule has 3 aromatic rings. The molecule has 6 heteroatoms. The Morgan fingerprint density at radius 1 is 0.960 bits per heavy atom. The molecule has 0 fully saturated rings. The first-order chi connectivity index (χ1) is 12.0. The molecule has 3 rings (SSSR count). The molecule has 0 amide bonds. The van der Waals surface area contributed by atoms with Crippen LogP contribution in [0.1, 0.15) is 10.4 Å². The van der Waals surface area contributed by atoms with E-state index in [2.05, 4.69) is 0 Å². The van der Waals surface area contributed by atoms with Crippen LogP contribution in [0.5, 0.6) is 11.5 Å². The summed E-state index contributed by atoms with van der Waals surface area (Å²) in [7, 11) is 0. The summed E-state index contributed by atoms with van der Waals surface area (Å²) in [5.41, 5.74) is 1.70. The van der Waals surface area contributed by atoms with Crippen molar-refractivity contribution in [2.24, 2.45) is 0 Å². The molecule has 0 aliphatic carbocycles. The van der Waals surface area contributed by atoms with Crippen LogP contribution in [0.15, 0.2) is 77.7 Å². The maximum atomic E-state index is 11.1. The summed E-state index contributed by atoms with van der Waals surface area (Å²) in [6.07, 6.45) is 0. The third kappa shape index (κ3) is 3.93. The topological polar surface area (TPSA) is 86.7 Å². The van der Waals surface area contributed by atoms with Gasteiger partial charge in [-0.15, -0.1) is 0 Å². The fourth-order valence-electron chi connectivity index (χ4n) is 2.36. The summed E-state index contributed by atoms with van der Waals surface area (Å²) in [5.74, 6) is -0.0781. The number of aromatic carboxylic acids is 1. The molecule has 0 bridgehead atoms. The van der Waals surface area contributed by atoms with E-state index in [1.165, 1.54) is 24.3 Å². The molecule has 0 saturated heterocycles. The minimum absolute atomic E-state index is 0.136. The van der Waals surface area contributed by atoms with E-state index in [1.807, 2.05) is 12.1 Å². The minimum Gasteiger partial charge on any atom is -0.768 e. The summed E-state index contributed by atoms with van der Waals surface area (Å²) in [6.45, 7) is 0. The molecule has 5 nitrogen and oxygen atoms in total. The van der Waals surface area contributed by atoms with Crippen LogP contribution >= 0.6 is 0 Å². The predicted octanol–water partition coefficient (Wildman–Crippen LogP) is 4.08. The van der Waals surface area contributed by atoms with Gasteiger partial charge in [-0.3, -0.25) is 4.21 Å². The fraction of sp³-hybridized carbons (Fsp3) is 0. The molecule has 1 unspecified atom stereocenters. The highest BCUT2D eigenvalue weighted by molar-refractivity contribution is 7.79. The highest BCUT2D eigenvalue weighted by Gasteiger charge is 2.09. The Balaban J connectivity index is 1.95. The first-order valence-electron chi connectivity index (χ1n) is 7.34. The average molecular weight is 353 g/mol. The molecular weight excluding hydrogens is 340 g/mol. The van der Waals surface area contributed by atoms with Gasteiger partial charge in [-0.2, -0.15) is 0 Å². The summed E-state index contributed by atoms with van der Waals surface area (Å²) >= 11 is -2.27. The summed E-state index contributed by atoms with van der Waals surface area (Å²) < 4.78 is 27.8. The van der Waals surface area contributed by atoms with Gasteiger partial charge in [-0.25, -0.2) is 4.79 Å². The highest BCUT2D eigenvalue weighted by atomic mass is 32.2. The van der Waals surface area contributed by atoms with Gasteiger partial charge in [0.25, 0.3) is 0 Å². The Bertz CT molecular complexity index is 935. The van der Waals surface area contributed by atoms with Crippen molar-refractivity contribution in [3.63, 3.8) is 0 Å². The molecule has 126 valence electrons. The Morgan fingerprint density at radius 2 is 1.68 bits per heavy atom. The second-order valence-corrected chi connectivity index (χ2v) is 6.13. The molecule has 0 aliphatic heterocycles. The van der Waals surface area contributed by atoms with Gasteiger partial charge in [0.15, 0.2) is 0 Å². The van der Waals surface area contributed by atoms with E-state index in [0.29, 0.717) is 11.5 Å². The van der Waals surface area contributed by atoms with Crippen LogP contribution in [0.25, 0.3) is 11.1 Å². The van der Waals surface area contributed by atoms with Gasteiger partial charge in [0, 0.05) is 10.5 Å². The van der Waals surface area contributed by atoms with Crippen LogP contribution in [-0.2, 0) is 11.1 Å². The zero-order valence-electron chi connectivity index (χ0n) is 12.9. The number of rotatable bonds is 5. The van der Waals surface area contributed by atoms with E-state index < -0.39 is 17.0 Å². The van der Waals surface area contributed by atoms with Crippen molar-refractivity contribution in [3.05, 3.63) is 78.4 Å². The lowest BCUT2D eigenvalue weighted by atomic mass is 10.0. The number of hydrogen-bond donors (Lipinski definition) is 1. The van der Waals surface area contributed by atoms with Crippen molar-refractivity contribution < 1.29 is 23.4 Å². The van der Waals surface area contributed by atoms with Gasteiger partial charge in [-0.1, -0.05) is 36.4 Å². The molecular formula is C19H13O5S-. The summed E-state index contributed by atoms with van der Waals surface area (Å²) in [6, 6.07) is 19.9. The van der Waals surface area contributed by atoms with Crippen molar-refractivity contribution >= 4 is 17.0 Å². The Kier molecular flexibility index (Phi) is 4.92. The first kappa shape index (κ1) is 16.9. The number of hydrogen-bond acceptors (Lipinski definition) is 4. The normalized spacial score (nSPS) is 11.7. The third-order valence-corrected chi connectivity index (χ3v) is 4.21. The smallest absolute Gasteiger partial charge is 0.335 e. The van der Waals surface area contributed by atoms with Gasteiger partial charge < -0.3 is 14.4 Å². The molecule has 3 aromatic carbocycles. The molecule has 0 aliphatic rings. The Morgan fingerprint density at radius 3 is 2.36 bits per heavy atom. The highest BCUT2D eigenvalue weighted by Crippen LogP contribution is 2.33. The van der Waals surface area contributed by atoms with Gasteiger partial charge in [0.1, 0.15) is 11.5 Å². The molecule has 1 N–H and O–H groups in total. The molecule has 0 aromatic heterocycles. The average Bonchev–Trinajstić information content (AvgIpc) is 2.62. The van der Waals surface area contributed by atoms with Crippen LogP contribution in [0.2, 0.25) is 0 Å². The van der Waals surface area contributed by atoms with Crippen LogP contribution < -0.4 is 4.74 Å². The van der Waals surface area contributed by atoms with E-state index in [4.69, 9.17) is 9.84 Å². The van der Waals surface area contributed by atoms with Crippen molar-refractivity contribution in [2.45, 2.75) is 4.90 Å². The minimum atomic E-state index is -2.27. The standard InChI is InChI=1S/C19H14O5S/c20-19(21)14-4-3-5-15(12-14)24-18-7-2-1-6-17(18)13-8-10-16(11-9-13)25(22)23/h1-12H,(H,20,21)(H,22,23)/p-1. The number of para-hydroxylation sites is 1. The van der Waals surface area contributed by atoms with Gasteiger partial charge in [-0.05, 0) is 53.0 Å². The zero-order valence-corrected chi connectivity index (χ0v) is 13.7. The van der Waals surface area contributed by atoms with E-state index in [1.54, 1.807) is 36.4 Å². The molecule has 0 spiro atoms. The fourth-order valence-corrected chi connectivity index (χ4v) is 2.72. The van der Waals surface area contributed by atoms with Gasteiger partial charge in [0.05, 0.1) is 5.56 Å². The predicted molar refractivity (Wildman–Crippen MR) is 92.5 cm³/mol. The van der Waals surface area contributed by atoms with Crippen LogP contribution in [-0.4, -0.2) is 19.8 Å². The molecule has 0 radical (unpaired) electrons. The Labute approximate surface area is 146 Å². The second kappa shape index (κ2) is 7.29. The third-order valence-electron chi connectivity index (χ3n) is 3.55. The number of carboxylic acids is 1. The number of benzene rings is 3. The largest absolute Gasteiger partial charge is 0.768 e. The maximum Gasteiger partial charge on any atom is 0.335 e. The second-order valence-electron chi connectivity index (χ2n) is 5.19. The quantitative estimate of drug-likeness (QED) is 0.698. The van der Waals surface area contributed by atoms with E-state index in [-0.39, 0.29) is 10.5 Å². The van der Waals surface area contributed by atoms with Gasteiger partial charge in [0.2, 0.25) is 0 Å². The number of ether oxygens (including phenoxy) is 1. The lowest BCUT2D eigenvalue weighted by Gasteiger charge is -2.12. The lowest BCUT2D eigenvalue weighted by Crippen LogP contribution is -1.96. The van der Waals surface area contributed by atoms with Crippen molar-refractivity contribution in [3.8, 4) is 22.6 Å². The van der Waals surface area contributed by atoms with Crippen molar-refractivity contribution in [1.82, 2.24) is 0 Å². The van der Waals surface area contributed by atoms with E-state index in [0.717, 1.165) is 11.1 Å². The Hall–Kier alpha value is -2.96. The molecule has 1 atom stereocenters. The van der Waals surface area contributed by atoms with Crippen molar-refractivity contribution in [2.75, 3.05) is 0 Å². The SMILES string of the molecule is O=C(O)c1cccc(Oc2ccccc2-c2ccc(S(=O)[O-])cc2)c1. The molecule has 0 heterocycles. The summed E-state index contributed by atoms with van der Waals surface area (Å²) in [4.78, 5) is 11.3. The van der Waals surface area contributed by atoms with Crippen molar-refractivity contribution in [1.29, 1.82) is 0 Å². The monoisotopic (exact) mass is 353 g/mol. The van der Waals surface area contributed by atoms with Crippen LogP contribution in [0, 0.1) is 0 Å². The maximum absolute atomic E-state index is 11.1. The van der Waals surface area contributed by atoms with Gasteiger partial charge >= 0.3 is 5.97 Å². The van der Waals surface area contributed by atoms with E-state index >= 15 is 0 Å².